The first kappa shape index (κ1) is 19.1. The van der Waals surface area contributed by atoms with E-state index in [2.05, 4.69) is 10.6 Å². The number of hydrogen-bond donors (Lipinski definition) is 2. The summed E-state index contributed by atoms with van der Waals surface area (Å²) in [6.45, 7) is 0.340. The van der Waals surface area contributed by atoms with Crippen molar-refractivity contribution in [1.82, 2.24) is 10.2 Å². The number of hydrogen-bond acceptors (Lipinski definition) is 2. The molecule has 132 valence electrons. The third kappa shape index (κ3) is 5.66. The lowest BCUT2D eigenvalue weighted by Crippen LogP contribution is -2.27. The minimum absolute atomic E-state index is 0.107. The molecule has 0 aliphatic heterocycles. The Morgan fingerprint density at radius 3 is 2.32 bits per heavy atom. The molecular formula is C18H19Cl2N3O2. The van der Waals surface area contributed by atoms with Crippen LogP contribution in [0.25, 0.3) is 0 Å². The fraction of sp³-hybridized carbons (Fsp3) is 0.222. The molecule has 0 aliphatic carbocycles. The second-order valence-corrected chi connectivity index (χ2v) is 6.49. The van der Waals surface area contributed by atoms with Crippen LogP contribution >= 0.6 is 23.2 Å². The standard InChI is InChI=1S/C18H19Cl2N3O2/c1-23(2)18(25)22-13-6-3-5-12(9-13)11-21-17(24)10-14-15(19)7-4-8-16(14)20/h3-9H,10-11H2,1-2H3,(H,21,24)(H,22,25). The second kappa shape index (κ2) is 8.74. The van der Waals surface area contributed by atoms with E-state index in [1.807, 2.05) is 18.2 Å². The van der Waals surface area contributed by atoms with Gasteiger partial charge in [0, 0.05) is 36.4 Å². The molecule has 5 nitrogen and oxygen atoms in total. The van der Waals surface area contributed by atoms with Crippen LogP contribution in [0.1, 0.15) is 11.1 Å². The number of nitrogens with zero attached hydrogens (tertiary/aromatic N) is 1. The highest BCUT2D eigenvalue weighted by Gasteiger charge is 2.11. The molecule has 0 bridgehead atoms. The maximum atomic E-state index is 12.1. The van der Waals surface area contributed by atoms with Crippen LogP contribution in [0.4, 0.5) is 10.5 Å². The van der Waals surface area contributed by atoms with Crippen LogP contribution in [0, 0.1) is 0 Å². The van der Waals surface area contributed by atoms with Gasteiger partial charge in [-0.15, -0.1) is 0 Å². The molecule has 3 amide bonds. The quantitative estimate of drug-likeness (QED) is 0.825. The van der Waals surface area contributed by atoms with E-state index in [4.69, 9.17) is 23.2 Å². The molecule has 0 heterocycles. The van der Waals surface area contributed by atoms with Gasteiger partial charge in [-0.2, -0.15) is 0 Å². The molecule has 2 rings (SSSR count). The van der Waals surface area contributed by atoms with Crippen molar-refractivity contribution < 1.29 is 9.59 Å². The summed E-state index contributed by atoms with van der Waals surface area (Å²) in [4.78, 5) is 25.3. The molecule has 0 saturated heterocycles. The lowest BCUT2D eigenvalue weighted by molar-refractivity contribution is -0.120. The van der Waals surface area contributed by atoms with Gasteiger partial charge in [0.15, 0.2) is 0 Å². The lowest BCUT2D eigenvalue weighted by Gasteiger charge is -2.13. The average Bonchev–Trinajstić information content (AvgIpc) is 2.57. The van der Waals surface area contributed by atoms with Crippen molar-refractivity contribution in [2.45, 2.75) is 13.0 Å². The van der Waals surface area contributed by atoms with Gasteiger partial charge in [0.1, 0.15) is 0 Å². The monoisotopic (exact) mass is 379 g/mol. The van der Waals surface area contributed by atoms with Crippen LogP contribution in [-0.2, 0) is 17.8 Å². The summed E-state index contributed by atoms with van der Waals surface area (Å²) in [5, 5.41) is 6.53. The van der Waals surface area contributed by atoms with Crippen molar-refractivity contribution in [1.29, 1.82) is 0 Å². The molecule has 2 N–H and O–H groups in total. The summed E-state index contributed by atoms with van der Waals surface area (Å²) < 4.78 is 0. The lowest BCUT2D eigenvalue weighted by atomic mass is 10.1. The number of rotatable bonds is 5. The minimum atomic E-state index is -0.213. The van der Waals surface area contributed by atoms with Gasteiger partial charge in [0.05, 0.1) is 6.42 Å². The molecule has 0 radical (unpaired) electrons. The van der Waals surface area contributed by atoms with Crippen molar-refractivity contribution in [2.75, 3.05) is 19.4 Å². The number of urea groups is 1. The molecule has 0 aromatic heterocycles. The molecule has 0 spiro atoms. The van der Waals surface area contributed by atoms with Gasteiger partial charge in [-0.05, 0) is 35.4 Å². The van der Waals surface area contributed by atoms with E-state index < -0.39 is 0 Å². The van der Waals surface area contributed by atoms with E-state index >= 15 is 0 Å². The van der Waals surface area contributed by atoms with Crippen LogP contribution in [0.15, 0.2) is 42.5 Å². The number of carbonyl (C=O) groups excluding carboxylic acids is 2. The Labute approximate surface area is 156 Å². The molecule has 0 aliphatic rings. The Morgan fingerprint density at radius 2 is 1.68 bits per heavy atom. The summed E-state index contributed by atoms with van der Waals surface area (Å²) in [5.41, 5.74) is 2.14. The van der Waals surface area contributed by atoms with E-state index in [0.29, 0.717) is 27.8 Å². The molecule has 7 heteroatoms. The molecule has 0 unspecified atom stereocenters. The SMILES string of the molecule is CN(C)C(=O)Nc1cccc(CNC(=O)Cc2c(Cl)cccc2Cl)c1. The third-order valence-corrected chi connectivity index (χ3v) is 4.18. The number of amides is 3. The zero-order chi connectivity index (χ0) is 18.4. The van der Waals surface area contributed by atoms with E-state index in [9.17, 15) is 9.59 Å². The molecule has 2 aromatic rings. The predicted molar refractivity (Wildman–Crippen MR) is 101 cm³/mol. The van der Waals surface area contributed by atoms with Crippen LogP contribution in [-0.4, -0.2) is 30.9 Å². The summed E-state index contributed by atoms with van der Waals surface area (Å²) in [7, 11) is 3.33. The van der Waals surface area contributed by atoms with Gasteiger partial charge in [0.2, 0.25) is 5.91 Å². The number of benzene rings is 2. The minimum Gasteiger partial charge on any atom is -0.352 e. The zero-order valence-corrected chi connectivity index (χ0v) is 15.5. The summed E-state index contributed by atoms with van der Waals surface area (Å²) in [6.07, 6.45) is 0.107. The molecule has 25 heavy (non-hydrogen) atoms. The van der Waals surface area contributed by atoms with Gasteiger partial charge >= 0.3 is 6.03 Å². The zero-order valence-electron chi connectivity index (χ0n) is 14.0. The van der Waals surface area contributed by atoms with Gasteiger partial charge < -0.3 is 15.5 Å². The Bertz CT molecular complexity index is 758. The molecular weight excluding hydrogens is 361 g/mol. The number of nitrogens with one attached hydrogen (secondary N) is 2. The van der Waals surface area contributed by atoms with Crippen LogP contribution in [0.5, 0.6) is 0 Å². The Morgan fingerprint density at radius 1 is 1.04 bits per heavy atom. The van der Waals surface area contributed by atoms with Gasteiger partial charge in [0.25, 0.3) is 0 Å². The second-order valence-electron chi connectivity index (χ2n) is 5.68. The maximum Gasteiger partial charge on any atom is 0.321 e. The molecule has 2 aromatic carbocycles. The summed E-state index contributed by atoms with van der Waals surface area (Å²) in [5.74, 6) is -0.183. The largest absolute Gasteiger partial charge is 0.352 e. The highest BCUT2D eigenvalue weighted by Crippen LogP contribution is 2.24. The van der Waals surface area contributed by atoms with Crippen molar-refractivity contribution in [3.8, 4) is 0 Å². The predicted octanol–water partition coefficient (Wildman–Crippen LogP) is 3.95. The third-order valence-electron chi connectivity index (χ3n) is 3.47. The van der Waals surface area contributed by atoms with Gasteiger partial charge in [-0.1, -0.05) is 41.4 Å². The number of halogens is 2. The summed E-state index contributed by atoms with van der Waals surface area (Å²) in [6, 6.07) is 12.2. The molecule has 0 fully saturated rings. The van der Waals surface area contributed by atoms with Gasteiger partial charge in [-0.25, -0.2) is 4.79 Å². The fourth-order valence-corrected chi connectivity index (χ4v) is 2.65. The topological polar surface area (TPSA) is 61.4 Å². The van der Waals surface area contributed by atoms with Crippen molar-refractivity contribution in [3.05, 3.63) is 63.6 Å². The Hall–Kier alpha value is -2.24. The average molecular weight is 380 g/mol. The van der Waals surface area contributed by atoms with Crippen molar-refractivity contribution in [3.63, 3.8) is 0 Å². The normalized spacial score (nSPS) is 10.2. The highest BCUT2D eigenvalue weighted by molar-refractivity contribution is 6.36. The highest BCUT2D eigenvalue weighted by atomic mass is 35.5. The number of anilines is 1. The van der Waals surface area contributed by atoms with E-state index in [-0.39, 0.29) is 18.4 Å². The first-order valence-electron chi connectivity index (χ1n) is 7.63. The van der Waals surface area contributed by atoms with E-state index in [1.54, 1.807) is 38.4 Å². The van der Waals surface area contributed by atoms with Gasteiger partial charge in [-0.3, -0.25) is 4.79 Å². The van der Waals surface area contributed by atoms with Crippen LogP contribution in [0.3, 0.4) is 0 Å². The Balaban J connectivity index is 1.95. The Kier molecular flexibility index (Phi) is 6.67. The molecule has 0 atom stereocenters. The molecule has 0 saturated carbocycles. The van der Waals surface area contributed by atoms with Crippen LogP contribution < -0.4 is 10.6 Å². The first-order valence-corrected chi connectivity index (χ1v) is 8.39. The smallest absolute Gasteiger partial charge is 0.321 e. The first-order chi connectivity index (χ1) is 11.9. The maximum absolute atomic E-state index is 12.1. The van der Waals surface area contributed by atoms with E-state index in [0.717, 1.165) is 5.56 Å². The number of carbonyl (C=O) groups is 2. The fourth-order valence-electron chi connectivity index (χ4n) is 2.12. The van der Waals surface area contributed by atoms with Crippen molar-refractivity contribution in [2.24, 2.45) is 0 Å². The van der Waals surface area contributed by atoms with E-state index in [1.165, 1.54) is 4.90 Å². The van der Waals surface area contributed by atoms with Crippen LogP contribution in [0.2, 0.25) is 10.0 Å². The van der Waals surface area contributed by atoms with Crippen molar-refractivity contribution >= 4 is 40.8 Å². The summed E-state index contributed by atoms with van der Waals surface area (Å²) >= 11 is 12.2.